The van der Waals surface area contributed by atoms with Crippen LogP contribution in [0.25, 0.3) is 10.2 Å². The first-order valence-electron chi connectivity index (χ1n) is 8.25. The lowest BCUT2D eigenvalue weighted by atomic mass is 10.3. The van der Waals surface area contributed by atoms with Crippen LogP contribution < -0.4 is 5.56 Å². The molecule has 0 aromatic carbocycles. The fourth-order valence-electron chi connectivity index (χ4n) is 3.29. The second-order valence-electron chi connectivity index (χ2n) is 6.36. The van der Waals surface area contributed by atoms with Gasteiger partial charge in [-0.3, -0.25) is 19.2 Å². The Bertz CT molecular complexity index is 959. The van der Waals surface area contributed by atoms with Gasteiger partial charge in [0.15, 0.2) is 0 Å². The smallest absolute Gasteiger partial charge is 0.262 e. The van der Waals surface area contributed by atoms with Gasteiger partial charge in [0.25, 0.3) is 5.56 Å². The van der Waals surface area contributed by atoms with Crippen molar-refractivity contribution >= 4 is 21.6 Å². The Kier molecular flexibility index (Phi) is 3.94. The van der Waals surface area contributed by atoms with Crippen LogP contribution in [-0.4, -0.2) is 32.5 Å². The van der Waals surface area contributed by atoms with Gasteiger partial charge >= 0.3 is 0 Å². The molecule has 5 nitrogen and oxygen atoms in total. The van der Waals surface area contributed by atoms with Crippen molar-refractivity contribution in [3.8, 4) is 0 Å². The van der Waals surface area contributed by atoms with Crippen LogP contribution in [0.4, 0.5) is 0 Å². The number of fused-ring (bicyclic) bond motifs is 2. The van der Waals surface area contributed by atoms with Crippen LogP contribution in [0.2, 0.25) is 0 Å². The van der Waals surface area contributed by atoms with Crippen molar-refractivity contribution in [2.45, 2.75) is 33.4 Å². The summed E-state index contributed by atoms with van der Waals surface area (Å²) in [4.78, 5) is 26.5. The van der Waals surface area contributed by atoms with Crippen molar-refractivity contribution in [2.24, 2.45) is 0 Å². The summed E-state index contributed by atoms with van der Waals surface area (Å²) >= 11 is 1.60. The lowest BCUT2D eigenvalue weighted by molar-refractivity contribution is 0.268. The Morgan fingerprint density at radius 1 is 1.17 bits per heavy atom. The standard InChI is InChI=1S/C18H20N4OS/c1-12-4-3-5-14(19-12)11-21-7-6-16-20-17-15(10-13(2)24-17)18(23)22(16)9-8-21/h3-5,10H,6-9,11H2,1-2H3. The average molecular weight is 340 g/mol. The highest BCUT2D eigenvalue weighted by atomic mass is 32.1. The van der Waals surface area contributed by atoms with Crippen molar-refractivity contribution in [3.05, 3.63) is 56.7 Å². The van der Waals surface area contributed by atoms with Crippen molar-refractivity contribution < 1.29 is 0 Å². The molecule has 0 bridgehead atoms. The molecule has 3 aromatic heterocycles. The highest BCUT2D eigenvalue weighted by molar-refractivity contribution is 7.18. The van der Waals surface area contributed by atoms with Gasteiger partial charge in [-0.25, -0.2) is 4.98 Å². The quantitative estimate of drug-likeness (QED) is 0.719. The minimum Gasteiger partial charge on any atom is -0.295 e. The van der Waals surface area contributed by atoms with E-state index in [4.69, 9.17) is 4.98 Å². The van der Waals surface area contributed by atoms with Gasteiger partial charge in [0.2, 0.25) is 0 Å². The molecule has 4 rings (SSSR count). The number of nitrogens with zero attached hydrogens (tertiary/aromatic N) is 4. The minimum atomic E-state index is 0.106. The topological polar surface area (TPSA) is 51.0 Å². The number of pyridine rings is 1. The van der Waals surface area contributed by atoms with Gasteiger partial charge in [-0.1, -0.05) is 6.07 Å². The largest absolute Gasteiger partial charge is 0.295 e. The van der Waals surface area contributed by atoms with Crippen molar-refractivity contribution in [1.29, 1.82) is 0 Å². The Labute approximate surface area is 144 Å². The first-order chi connectivity index (χ1) is 11.6. The van der Waals surface area contributed by atoms with E-state index in [0.29, 0.717) is 6.54 Å². The zero-order chi connectivity index (χ0) is 16.7. The fourth-order valence-corrected chi connectivity index (χ4v) is 4.17. The lowest BCUT2D eigenvalue weighted by Gasteiger charge is -2.18. The molecule has 0 fully saturated rings. The van der Waals surface area contributed by atoms with Gasteiger partial charge in [0.1, 0.15) is 10.7 Å². The third-order valence-electron chi connectivity index (χ3n) is 4.48. The fraction of sp³-hybridized carbons (Fsp3) is 0.389. The molecular weight excluding hydrogens is 320 g/mol. The Morgan fingerprint density at radius 3 is 2.88 bits per heavy atom. The lowest BCUT2D eigenvalue weighted by Crippen LogP contribution is -2.28. The summed E-state index contributed by atoms with van der Waals surface area (Å²) in [6.45, 7) is 7.30. The van der Waals surface area contributed by atoms with Crippen LogP contribution in [0.3, 0.4) is 0 Å². The summed E-state index contributed by atoms with van der Waals surface area (Å²) in [7, 11) is 0. The van der Waals surface area contributed by atoms with Gasteiger partial charge in [-0.05, 0) is 32.0 Å². The Hall–Kier alpha value is -2.05. The maximum Gasteiger partial charge on any atom is 0.262 e. The summed E-state index contributed by atoms with van der Waals surface area (Å²) in [5.74, 6) is 0.911. The maximum atomic E-state index is 12.7. The molecule has 0 atom stereocenters. The molecule has 1 aliphatic heterocycles. The van der Waals surface area contributed by atoms with Crippen LogP contribution in [0.15, 0.2) is 29.1 Å². The molecule has 4 heterocycles. The van der Waals surface area contributed by atoms with Gasteiger partial charge in [0.05, 0.1) is 11.1 Å². The highest BCUT2D eigenvalue weighted by Gasteiger charge is 2.19. The molecular formula is C18H20N4OS. The van der Waals surface area contributed by atoms with Gasteiger partial charge in [-0.2, -0.15) is 0 Å². The molecule has 0 saturated carbocycles. The molecule has 0 N–H and O–H groups in total. The molecule has 24 heavy (non-hydrogen) atoms. The summed E-state index contributed by atoms with van der Waals surface area (Å²) < 4.78 is 1.86. The predicted octanol–water partition coefficient (Wildman–Crippen LogP) is 2.53. The molecule has 124 valence electrons. The van der Waals surface area contributed by atoms with E-state index in [2.05, 4.69) is 16.0 Å². The van der Waals surface area contributed by atoms with Crippen molar-refractivity contribution in [2.75, 3.05) is 13.1 Å². The number of aryl methyl sites for hydroxylation is 2. The Balaban J connectivity index is 1.60. The highest BCUT2D eigenvalue weighted by Crippen LogP contribution is 2.21. The summed E-state index contributed by atoms with van der Waals surface area (Å²) in [6, 6.07) is 8.09. The molecule has 6 heteroatoms. The zero-order valence-electron chi connectivity index (χ0n) is 14.0. The molecule has 0 spiro atoms. The molecule has 0 radical (unpaired) electrons. The van der Waals surface area contributed by atoms with E-state index in [0.717, 1.165) is 58.4 Å². The van der Waals surface area contributed by atoms with Gasteiger partial charge in [-0.15, -0.1) is 11.3 Å². The molecule has 0 saturated heterocycles. The van der Waals surface area contributed by atoms with E-state index in [1.54, 1.807) is 11.3 Å². The van der Waals surface area contributed by atoms with E-state index in [1.807, 2.05) is 36.6 Å². The van der Waals surface area contributed by atoms with E-state index in [9.17, 15) is 4.79 Å². The van der Waals surface area contributed by atoms with Crippen molar-refractivity contribution in [3.63, 3.8) is 0 Å². The molecule has 0 unspecified atom stereocenters. The second-order valence-corrected chi connectivity index (χ2v) is 7.59. The summed E-state index contributed by atoms with van der Waals surface area (Å²) in [5.41, 5.74) is 2.23. The third-order valence-corrected chi connectivity index (χ3v) is 5.42. The van der Waals surface area contributed by atoms with Crippen LogP contribution >= 0.6 is 11.3 Å². The SMILES string of the molecule is Cc1cccc(CN2CCc3nc4sc(C)cc4c(=O)n3CC2)n1. The third kappa shape index (κ3) is 2.87. The summed E-state index contributed by atoms with van der Waals surface area (Å²) in [5, 5.41) is 0.759. The molecule has 0 aliphatic carbocycles. The normalized spacial score (nSPS) is 15.4. The number of aromatic nitrogens is 3. The van der Waals surface area contributed by atoms with Crippen molar-refractivity contribution in [1.82, 2.24) is 19.4 Å². The van der Waals surface area contributed by atoms with E-state index < -0.39 is 0 Å². The van der Waals surface area contributed by atoms with E-state index in [1.165, 1.54) is 0 Å². The predicted molar refractivity (Wildman–Crippen MR) is 96.6 cm³/mol. The van der Waals surface area contributed by atoms with E-state index in [-0.39, 0.29) is 5.56 Å². The van der Waals surface area contributed by atoms with Crippen LogP contribution in [0.5, 0.6) is 0 Å². The van der Waals surface area contributed by atoms with E-state index >= 15 is 0 Å². The number of hydrogen-bond donors (Lipinski definition) is 0. The van der Waals surface area contributed by atoms with Crippen LogP contribution in [0.1, 0.15) is 22.1 Å². The number of rotatable bonds is 2. The zero-order valence-corrected chi connectivity index (χ0v) is 14.8. The summed E-state index contributed by atoms with van der Waals surface area (Å²) in [6.07, 6.45) is 0.800. The first-order valence-corrected chi connectivity index (χ1v) is 9.06. The minimum absolute atomic E-state index is 0.106. The molecule has 3 aromatic rings. The first kappa shape index (κ1) is 15.5. The molecule has 0 amide bonds. The van der Waals surface area contributed by atoms with Gasteiger partial charge in [0, 0.05) is 43.2 Å². The maximum absolute atomic E-state index is 12.7. The number of thiophene rings is 1. The van der Waals surface area contributed by atoms with Crippen LogP contribution in [0, 0.1) is 13.8 Å². The monoisotopic (exact) mass is 340 g/mol. The van der Waals surface area contributed by atoms with Crippen LogP contribution in [-0.2, 0) is 19.5 Å². The number of hydrogen-bond acceptors (Lipinski definition) is 5. The second kappa shape index (κ2) is 6.11. The molecule has 1 aliphatic rings. The Morgan fingerprint density at radius 2 is 2.04 bits per heavy atom. The average Bonchev–Trinajstić information content (AvgIpc) is 2.80. The van der Waals surface area contributed by atoms with Gasteiger partial charge < -0.3 is 0 Å².